The van der Waals surface area contributed by atoms with Crippen LogP contribution in [0.1, 0.15) is 6.92 Å². The van der Waals surface area contributed by atoms with Gasteiger partial charge in [0.05, 0.1) is 12.5 Å². The van der Waals surface area contributed by atoms with Gasteiger partial charge in [0, 0.05) is 17.1 Å². The summed E-state index contributed by atoms with van der Waals surface area (Å²) in [4.78, 5) is 16.5. The maximum absolute atomic E-state index is 11.9. The first kappa shape index (κ1) is 18.8. The minimum absolute atomic E-state index is 0.112. The van der Waals surface area contributed by atoms with Crippen molar-refractivity contribution in [3.63, 3.8) is 0 Å². The standard InChI is InChI=1S/C23H19N3O5/c1-11(2)10-30-16-7-4-12(8-17(16)29-3)18-14-9-24-26-23(14)25-19-13-5-6-15(27)20(28)21(13)31-22(18)19/h4-9,28H,1,10H2,2-3H3,(H2,24,25,26). The number of methoxy groups -OCH3 is 1. The number of aromatic nitrogens is 3. The number of hydrogen-bond acceptors (Lipinski definition) is 6. The van der Waals surface area contributed by atoms with E-state index in [0.29, 0.717) is 40.2 Å². The summed E-state index contributed by atoms with van der Waals surface area (Å²) >= 11 is 0. The van der Waals surface area contributed by atoms with Gasteiger partial charge in [-0.05, 0) is 42.3 Å². The number of hydrogen-bond donors (Lipinski definition) is 3. The molecule has 156 valence electrons. The van der Waals surface area contributed by atoms with E-state index >= 15 is 0 Å². The summed E-state index contributed by atoms with van der Waals surface area (Å²) in [5.41, 5.74) is 3.63. The summed E-state index contributed by atoms with van der Waals surface area (Å²) in [6.07, 6.45) is 1.78. The number of ether oxygens (including phenoxy) is 2. The average molecular weight is 417 g/mol. The van der Waals surface area contributed by atoms with E-state index in [0.717, 1.165) is 22.1 Å². The van der Waals surface area contributed by atoms with Crippen LogP contribution in [0.2, 0.25) is 0 Å². The molecule has 0 fully saturated rings. The molecule has 8 heteroatoms. The van der Waals surface area contributed by atoms with E-state index in [1.807, 2.05) is 25.1 Å². The summed E-state index contributed by atoms with van der Waals surface area (Å²) in [6.45, 7) is 6.12. The fraction of sp³-hybridized carbons (Fsp3) is 0.130. The van der Waals surface area contributed by atoms with E-state index in [-0.39, 0.29) is 5.58 Å². The smallest absolute Gasteiger partial charge is 0.224 e. The Kier molecular flexibility index (Phi) is 4.21. The highest BCUT2D eigenvalue weighted by Gasteiger charge is 2.22. The van der Waals surface area contributed by atoms with Gasteiger partial charge in [0.15, 0.2) is 28.3 Å². The summed E-state index contributed by atoms with van der Waals surface area (Å²) in [6, 6.07) is 8.47. The van der Waals surface area contributed by atoms with Crippen LogP contribution in [0.15, 0.2) is 57.9 Å². The van der Waals surface area contributed by atoms with Crippen LogP contribution in [0.5, 0.6) is 17.2 Å². The van der Waals surface area contributed by atoms with Crippen LogP contribution < -0.4 is 14.9 Å². The second-order valence-electron chi connectivity index (χ2n) is 7.34. The maximum Gasteiger partial charge on any atom is 0.224 e. The Balaban J connectivity index is 1.80. The third kappa shape index (κ3) is 2.92. The molecule has 0 aliphatic carbocycles. The first-order chi connectivity index (χ1) is 15.0. The molecule has 0 atom stereocenters. The second kappa shape index (κ2) is 6.94. The topological polar surface area (TPSA) is 113 Å². The molecule has 8 nitrogen and oxygen atoms in total. The number of rotatable bonds is 5. The van der Waals surface area contributed by atoms with Crippen molar-refractivity contribution >= 4 is 33.1 Å². The Labute approximate surface area is 175 Å². The molecule has 3 aromatic heterocycles. The van der Waals surface area contributed by atoms with E-state index in [1.165, 1.54) is 6.07 Å². The Morgan fingerprint density at radius 1 is 1.19 bits per heavy atom. The monoisotopic (exact) mass is 417 g/mol. The van der Waals surface area contributed by atoms with Crippen molar-refractivity contribution in [2.75, 3.05) is 13.7 Å². The van der Waals surface area contributed by atoms with Gasteiger partial charge in [-0.1, -0.05) is 12.6 Å². The molecule has 0 saturated carbocycles. The van der Waals surface area contributed by atoms with Crippen molar-refractivity contribution in [1.82, 2.24) is 15.2 Å². The Hall–Kier alpha value is -4.20. The largest absolute Gasteiger partial charge is 0.502 e. The molecule has 31 heavy (non-hydrogen) atoms. The van der Waals surface area contributed by atoms with Gasteiger partial charge in [0.1, 0.15) is 12.1 Å². The molecular weight excluding hydrogens is 398 g/mol. The number of aromatic amines is 2. The Bertz CT molecular complexity index is 1540. The molecule has 0 aliphatic heterocycles. The number of pyridine rings is 1. The molecule has 2 aromatic carbocycles. The quantitative estimate of drug-likeness (QED) is 0.363. The lowest BCUT2D eigenvalue weighted by Gasteiger charge is -2.13. The molecular formula is C23H19N3O5. The van der Waals surface area contributed by atoms with E-state index in [2.05, 4.69) is 21.8 Å². The van der Waals surface area contributed by atoms with E-state index in [4.69, 9.17) is 13.9 Å². The average Bonchev–Trinajstić information content (AvgIpc) is 3.37. The second-order valence-corrected chi connectivity index (χ2v) is 7.34. The lowest BCUT2D eigenvalue weighted by atomic mass is 10.0. The van der Waals surface area contributed by atoms with Gasteiger partial charge in [-0.25, -0.2) is 4.98 Å². The predicted molar refractivity (Wildman–Crippen MR) is 118 cm³/mol. The third-order valence-corrected chi connectivity index (χ3v) is 5.08. The first-order valence-corrected chi connectivity index (χ1v) is 9.57. The number of H-pyrrole nitrogens is 2. The number of nitrogens with one attached hydrogen (secondary N) is 2. The zero-order valence-corrected chi connectivity index (χ0v) is 16.9. The van der Waals surface area contributed by atoms with Gasteiger partial charge in [0.25, 0.3) is 0 Å². The molecule has 3 heterocycles. The van der Waals surface area contributed by atoms with Crippen molar-refractivity contribution in [2.45, 2.75) is 6.92 Å². The van der Waals surface area contributed by atoms with E-state index < -0.39 is 11.2 Å². The molecule has 3 N–H and O–H groups in total. The molecule has 0 amide bonds. The fourth-order valence-corrected chi connectivity index (χ4v) is 3.65. The summed E-state index contributed by atoms with van der Waals surface area (Å²) < 4.78 is 17.3. The number of benzene rings is 2. The lowest BCUT2D eigenvalue weighted by Crippen LogP contribution is -1.99. The van der Waals surface area contributed by atoms with Gasteiger partial charge in [-0.2, -0.15) is 0 Å². The van der Waals surface area contributed by atoms with Crippen LogP contribution in [-0.4, -0.2) is 34.0 Å². The van der Waals surface area contributed by atoms with Crippen molar-refractivity contribution in [2.24, 2.45) is 0 Å². The SMILES string of the molecule is C=C(C)COc1ccc(-c2c3c[nH][nH]c3nc3c2oc2c(O)c(=O)ccc23)cc1OC. The maximum atomic E-state index is 11.9. The zero-order valence-electron chi connectivity index (χ0n) is 16.9. The number of furan rings is 1. The third-order valence-electron chi connectivity index (χ3n) is 5.08. The number of phenols is 1. The summed E-state index contributed by atoms with van der Waals surface area (Å²) in [5.74, 6) is 0.713. The van der Waals surface area contributed by atoms with Crippen LogP contribution in [0.4, 0.5) is 0 Å². The van der Waals surface area contributed by atoms with Crippen molar-refractivity contribution < 1.29 is 19.0 Å². The van der Waals surface area contributed by atoms with Gasteiger partial charge in [0.2, 0.25) is 11.2 Å². The number of aromatic hydroxyl groups is 1. The van der Waals surface area contributed by atoms with Crippen LogP contribution in [0.25, 0.3) is 44.2 Å². The first-order valence-electron chi connectivity index (χ1n) is 9.57. The van der Waals surface area contributed by atoms with Gasteiger partial charge >= 0.3 is 0 Å². The van der Waals surface area contributed by atoms with Crippen molar-refractivity contribution in [3.05, 3.63) is 58.9 Å². The molecule has 0 aliphatic rings. The molecule has 0 unspecified atom stereocenters. The molecule has 5 aromatic rings. The Morgan fingerprint density at radius 3 is 2.81 bits per heavy atom. The van der Waals surface area contributed by atoms with E-state index in [1.54, 1.807) is 19.4 Å². The van der Waals surface area contributed by atoms with Crippen LogP contribution in [0.3, 0.4) is 0 Å². The van der Waals surface area contributed by atoms with Crippen LogP contribution in [0, 0.1) is 0 Å². The summed E-state index contributed by atoms with van der Waals surface area (Å²) in [5, 5.41) is 17.5. The van der Waals surface area contributed by atoms with Crippen LogP contribution >= 0.6 is 0 Å². The molecule has 0 radical (unpaired) electrons. The molecule has 0 saturated heterocycles. The van der Waals surface area contributed by atoms with E-state index in [9.17, 15) is 9.90 Å². The van der Waals surface area contributed by atoms with Gasteiger partial charge in [-0.3, -0.25) is 9.89 Å². The number of nitrogens with zero attached hydrogens (tertiary/aromatic N) is 1. The predicted octanol–water partition coefficient (Wildman–Crippen LogP) is 4.49. The van der Waals surface area contributed by atoms with Crippen molar-refractivity contribution in [1.29, 1.82) is 0 Å². The fourth-order valence-electron chi connectivity index (χ4n) is 3.65. The number of fused-ring (bicyclic) bond motifs is 4. The van der Waals surface area contributed by atoms with Gasteiger partial charge in [-0.15, -0.1) is 0 Å². The van der Waals surface area contributed by atoms with Crippen molar-refractivity contribution in [3.8, 4) is 28.4 Å². The zero-order chi connectivity index (χ0) is 21.7. The highest BCUT2D eigenvalue weighted by molar-refractivity contribution is 6.15. The highest BCUT2D eigenvalue weighted by atomic mass is 16.5. The van der Waals surface area contributed by atoms with Gasteiger partial charge < -0.3 is 24.1 Å². The molecule has 0 bridgehead atoms. The summed E-state index contributed by atoms with van der Waals surface area (Å²) in [7, 11) is 1.57. The molecule has 5 rings (SSSR count). The molecule has 0 spiro atoms. The normalized spacial score (nSPS) is 11.4. The Morgan fingerprint density at radius 2 is 2.03 bits per heavy atom. The number of phenolic OH excluding ortho intramolecular Hbond substituents is 1. The minimum atomic E-state index is -0.507. The lowest BCUT2D eigenvalue weighted by molar-refractivity contribution is 0.320. The van der Waals surface area contributed by atoms with Crippen LogP contribution in [-0.2, 0) is 0 Å². The minimum Gasteiger partial charge on any atom is -0.502 e. The highest BCUT2D eigenvalue weighted by Crippen LogP contribution is 2.42.